The van der Waals surface area contributed by atoms with E-state index in [1.165, 1.54) is 17.4 Å². The number of fused-ring (bicyclic) bond motifs is 1. The number of halogens is 2. The molecule has 0 saturated heterocycles. The number of aryl methyl sites for hydroxylation is 1. The fourth-order valence-electron chi connectivity index (χ4n) is 2.31. The van der Waals surface area contributed by atoms with Crippen LogP contribution in [-0.4, -0.2) is 5.91 Å². The lowest BCUT2D eigenvalue weighted by atomic mass is 9.96. The predicted molar refractivity (Wildman–Crippen MR) is 78.7 cm³/mol. The summed E-state index contributed by atoms with van der Waals surface area (Å²) in [5.41, 5.74) is 8.00. The number of carbonyl (C=O) groups is 1. The Kier molecular flexibility index (Phi) is 3.50. The molecular formula is C14H12ClFN2OS. The molecule has 1 aliphatic heterocycles. The molecule has 0 saturated carbocycles. The summed E-state index contributed by atoms with van der Waals surface area (Å²) >= 11 is 7.23. The Hall–Kier alpha value is -1.43. The second-order valence-electron chi connectivity index (χ2n) is 4.70. The summed E-state index contributed by atoms with van der Waals surface area (Å²) in [6, 6.07) is 6.09. The Labute approximate surface area is 124 Å². The topological polar surface area (TPSA) is 55.1 Å². The Morgan fingerprint density at radius 2 is 2.15 bits per heavy atom. The quantitative estimate of drug-likeness (QED) is 0.892. The minimum absolute atomic E-state index is 0.0843. The summed E-state index contributed by atoms with van der Waals surface area (Å²) in [6.45, 7) is 0. The second-order valence-corrected chi connectivity index (χ2v) is 6.45. The first kappa shape index (κ1) is 13.5. The van der Waals surface area contributed by atoms with E-state index in [0.717, 1.165) is 10.4 Å². The number of hydrogen-bond acceptors (Lipinski definition) is 3. The van der Waals surface area contributed by atoms with Crippen molar-refractivity contribution in [3.05, 3.63) is 50.4 Å². The maximum atomic E-state index is 14.2. The molecule has 6 heteroatoms. The zero-order chi connectivity index (χ0) is 14.3. The van der Waals surface area contributed by atoms with Gasteiger partial charge in [-0.25, -0.2) is 4.39 Å². The molecule has 1 aromatic carbocycles. The molecule has 0 radical (unpaired) electrons. The summed E-state index contributed by atoms with van der Waals surface area (Å²) in [7, 11) is 0. The molecule has 2 heterocycles. The first-order valence-corrected chi connectivity index (χ1v) is 7.37. The van der Waals surface area contributed by atoms with Crippen LogP contribution in [0.4, 0.5) is 10.1 Å². The molecule has 1 unspecified atom stereocenters. The van der Waals surface area contributed by atoms with Crippen LogP contribution in [-0.2, 0) is 11.2 Å². The van der Waals surface area contributed by atoms with E-state index < -0.39 is 11.9 Å². The molecule has 2 aromatic rings. The van der Waals surface area contributed by atoms with Gasteiger partial charge in [0.05, 0.1) is 10.4 Å². The van der Waals surface area contributed by atoms with Gasteiger partial charge in [-0.1, -0.05) is 11.6 Å². The van der Waals surface area contributed by atoms with E-state index in [4.69, 9.17) is 17.3 Å². The maximum Gasteiger partial charge on any atom is 0.224 e. The molecule has 3 nitrogen and oxygen atoms in total. The largest absolute Gasteiger partial charge is 0.326 e. The number of thiophene rings is 1. The van der Waals surface area contributed by atoms with Crippen molar-refractivity contribution in [1.29, 1.82) is 0 Å². The Morgan fingerprint density at radius 1 is 1.35 bits per heavy atom. The van der Waals surface area contributed by atoms with E-state index in [-0.39, 0.29) is 5.91 Å². The summed E-state index contributed by atoms with van der Waals surface area (Å²) in [5.74, 6) is -0.498. The molecule has 0 bridgehead atoms. The molecule has 0 fully saturated rings. The molecule has 0 spiro atoms. The Balaban J connectivity index is 2.00. The van der Waals surface area contributed by atoms with Gasteiger partial charge in [-0.2, -0.15) is 0 Å². The normalized spacial score (nSPS) is 15.7. The van der Waals surface area contributed by atoms with Crippen LogP contribution >= 0.6 is 22.9 Å². The lowest BCUT2D eigenvalue weighted by Gasteiger charge is -2.20. The Morgan fingerprint density at radius 3 is 2.85 bits per heavy atom. The van der Waals surface area contributed by atoms with Crippen LogP contribution in [0, 0.1) is 5.82 Å². The third kappa shape index (κ3) is 2.44. The van der Waals surface area contributed by atoms with E-state index in [0.29, 0.717) is 28.4 Å². The number of nitrogens with two attached hydrogens (primary N) is 1. The average molecular weight is 311 g/mol. The monoisotopic (exact) mass is 310 g/mol. The van der Waals surface area contributed by atoms with Gasteiger partial charge in [-0.3, -0.25) is 4.79 Å². The highest BCUT2D eigenvalue weighted by atomic mass is 35.5. The molecule has 104 valence electrons. The fourth-order valence-corrected chi connectivity index (χ4v) is 3.39. The molecule has 1 atom stereocenters. The lowest BCUT2D eigenvalue weighted by Crippen LogP contribution is -2.21. The van der Waals surface area contributed by atoms with Gasteiger partial charge >= 0.3 is 0 Å². The van der Waals surface area contributed by atoms with Crippen molar-refractivity contribution in [3.8, 4) is 0 Å². The predicted octanol–water partition coefficient (Wildman–Crippen LogP) is 3.47. The number of rotatable bonds is 2. The zero-order valence-electron chi connectivity index (χ0n) is 10.5. The molecule has 20 heavy (non-hydrogen) atoms. The van der Waals surface area contributed by atoms with Crippen LogP contribution in [0.25, 0.3) is 0 Å². The minimum Gasteiger partial charge on any atom is -0.326 e. The van der Waals surface area contributed by atoms with Crippen molar-refractivity contribution in [1.82, 2.24) is 0 Å². The molecule has 1 aromatic heterocycles. The molecule has 0 aliphatic carbocycles. The summed E-state index contributed by atoms with van der Waals surface area (Å²) < 4.78 is 14.8. The SMILES string of the molecule is NC(c1ccc(Cl)s1)c1cc2c(cc1F)NC(=O)CC2. The van der Waals surface area contributed by atoms with Crippen LogP contribution < -0.4 is 11.1 Å². The standard InChI is InChI=1S/C14H12ClFN2OS/c15-12-3-2-11(20-12)14(17)8-5-7-1-4-13(19)18-10(7)6-9(8)16/h2-3,5-6,14H,1,4,17H2,(H,18,19). The van der Waals surface area contributed by atoms with Crippen LogP contribution in [0.3, 0.4) is 0 Å². The first-order valence-electron chi connectivity index (χ1n) is 6.17. The van der Waals surface area contributed by atoms with E-state index in [1.807, 2.05) is 0 Å². The molecule has 3 N–H and O–H groups in total. The number of hydrogen-bond donors (Lipinski definition) is 2. The van der Waals surface area contributed by atoms with Crippen molar-refractivity contribution in [2.24, 2.45) is 5.73 Å². The minimum atomic E-state index is -0.546. The molecular weight excluding hydrogens is 299 g/mol. The summed E-state index contributed by atoms with van der Waals surface area (Å²) in [4.78, 5) is 12.1. The fraction of sp³-hybridized carbons (Fsp3) is 0.214. The van der Waals surface area contributed by atoms with Gasteiger partial charge in [-0.05, 0) is 36.2 Å². The van der Waals surface area contributed by atoms with Crippen LogP contribution in [0.2, 0.25) is 4.34 Å². The summed E-state index contributed by atoms with van der Waals surface area (Å²) in [5, 5.41) is 2.67. The van der Waals surface area contributed by atoms with Gasteiger partial charge in [0.25, 0.3) is 0 Å². The molecule has 3 rings (SSSR count). The maximum absolute atomic E-state index is 14.2. The number of benzene rings is 1. The third-order valence-corrected chi connectivity index (χ3v) is 4.67. The van der Waals surface area contributed by atoms with Crippen LogP contribution in [0.15, 0.2) is 24.3 Å². The first-order chi connectivity index (χ1) is 9.54. The van der Waals surface area contributed by atoms with E-state index in [1.54, 1.807) is 18.2 Å². The highest BCUT2D eigenvalue weighted by Crippen LogP contribution is 2.34. The number of nitrogens with one attached hydrogen (secondary N) is 1. The molecule has 1 aliphatic rings. The van der Waals surface area contributed by atoms with E-state index in [9.17, 15) is 9.18 Å². The number of carbonyl (C=O) groups excluding carboxylic acids is 1. The van der Waals surface area contributed by atoms with E-state index in [2.05, 4.69) is 5.32 Å². The van der Waals surface area contributed by atoms with Gasteiger partial charge in [0.2, 0.25) is 5.91 Å². The number of anilines is 1. The number of amides is 1. The van der Waals surface area contributed by atoms with Crippen molar-refractivity contribution in [2.45, 2.75) is 18.9 Å². The smallest absolute Gasteiger partial charge is 0.224 e. The zero-order valence-corrected chi connectivity index (χ0v) is 12.0. The average Bonchev–Trinajstić information content (AvgIpc) is 2.84. The lowest BCUT2D eigenvalue weighted by molar-refractivity contribution is -0.116. The highest BCUT2D eigenvalue weighted by Gasteiger charge is 2.21. The van der Waals surface area contributed by atoms with Gasteiger partial charge in [0.1, 0.15) is 5.82 Å². The summed E-state index contributed by atoms with van der Waals surface area (Å²) in [6.07, 6.45) is 1.02. The van der Waals surface area contributed by atoms with Crippen molar-refractivity contribution in [3.63, 3.8) is 0 Å². The highest BCUT2D eigenvalue weighted by molar-refractivity contribution is 7.16. The third-order valence-electron chi connectivity index (χ3n) is 3.35. The van der Waals surface area contributed by atoms with Gasteiger partial charge < -0.3 is 11.1 Å². The van der Waals surface area contributed by atoms with Gasteiger partial charge in [-0.15, -0.1) is 11.3 Å². The van der Waals surface area contributed by atoms with Crippen LogP contribution in [0.1, 0.15) is 28.5 Å². The Bertz CT molecular complexity index is 686. The van der Waals surface area contributed by atoms with Crippen molar-refractivity contribution >= 4 is 34.5 Å². The van der Waals surface area contributed by atoms with Crippen molar-refractivity contribution < 1.29 is 9.18 Å². The van der Waals surface area contributed by atoms with Crippen LogP contribution in [0.5, 0.6) is 0 Å². The second kappa shape index (κ2) is 5.16. The van der Waals surface area contributed by atoms with Crippen molar-refractivity contribution in [2.75, 3.05) is 5.32 Å². The van der Waals surface area contributed by atoms with Gasteiger partial charge in [0.15, 0.2) is 0 Å². The van der Waals surface area contributed by atoms with Gasteiger partial charge in [0, 0.05) is 22.5 Å². The van der Waals surface area contributed by atoms with E-state index >= 15 is 0 Å². The molecule has 1 amide bonds.